The lowest BCUT2D eigenvalue weighted by atomic mass is 10.0. The van der Waals surface area contributed by atoms with E-state index >= 15 is 0 Å². The quantitative estimate of drug-likeness (QED) is 0.203. The van der Waals surface area contributed by atoms with Gasteiger partial charge in [-0.05, 0) is 37.9 Å². The van der Waals surface area contributed by atoms with E-state index in [1.807, 2.05) is 0 Å². The monoisotopic (exact) mass is 478 g/mol. The Morgan fingerprint density at radius 1 is 1.00 bits per heavy atom. The zero-order valence-electron chi connectivity index (χ0n) is 19.3. The van der Waals surface area contributed by atoms with Crippen molar-refractivity contribution in [3.8, 4) is 0 Å². The molecule has 2 atom stereocenters. The first-order chi connectivity index (χ1) is 16.5. The molecule has 1 aromatic rings. The standard InChI is InChI=1S/C23H34N4O7/c24-8-2-10-32-12-14-34-15-13-33-11-3-9-25-17-5-1-4-16-20(17)23(31)27(22(16)30)18-6-7-19(28)26-21(18)29/h1,4-5,18,21,25,29H,2-3,6-15,24H2,(H,26,28). The molecule has 1 saturated heterocycles. The molecule has 5 N–H and O–H groups in total. The molecule has 11 nitrogen and oxygen atoms in total. The molecule has 1 fully saturated rings. The maximum absolute atomic E-state index is 13.1. The normalized spacial score (nSPS) is 19.9. The molecule has 2 heterocycles. The number of rotatable bonds is 15. The van der Waals surface area contributed by atoms with E-state index in [0.29, 0.717) is 76.0 Å². The summed E-state index contributed by atoms with van der Waals surface area (Å²) >= 11 is 0. The van der Waals surface area contributed by atoms with Gasteiger partial charge in [0, 0.05) is 31.9 Å². The van der Waals surface area contributed by atoms with E-state index < -0.39 is 24.1 Å². The molecule has 34 heavy (non-hydrogen) atoms. The Morgan fingerprint density at radius 2 is 1.68 bits per heavy atom. The number of hydrogen-bond donors (Lipinski definition) is 4. The van der Waals surface area contributed by atoms with Crippen LogP contribution in [-0.2, 0) is 19.0 Å². The molecule has 3 rings (SSSR count). The Hall–Kier alpha value is -2.57. The van der Waals surface area contributed by atoms with E-state index in [2.05, 4.69) is 10.6 Å². The average molecular weight is 479 g/mol. The number of nitrogens with zero attached hydrogens (tertiary/aromatic N) is 1. The van der Waals surface area contributed by atoms with Gasteiger partial charge in [-0.25, -0.2) is 0 Å². The van der Waals surface area contributed by atoms with Gasteiger partial charge in [0.15, 0.2) is 0 Å². The molecule has 0 aromatic heterocycles. The Bertz CT molecular complexity index is 851. The van der Waals surface area contributed by atoms with Gasteiger partial charge >= 0.3 is 0 Å². The number of ether oxygens (including phenoxy) is 3. The topological polar surface area (TPSA) is 152 Å². The van der Waals surface area contributed by atoms with Crippen LogP contribution in [-0.4, -0.2) is 92.7 Å². The lowest BCUT2D eigenvalue weighted by Gasteiger charge is -2.33. The summed E-state index contributed by atoms with van der Waals surface area (Å²) in [7, 11) is 0. The molecule has 0 saturated carbocycles. The zero-order valence-corrected chi connectivity index (χ0v) is 19.3. The number of nitrogens with one attached hydrogen (secondary N) is 2. The lowest BCUT2D eigenvalue weighted by Crippen LogP contribution is -2.57. The van der Waals surface area contributed by atoms with Gasteiger partial charge in [-0.15, -0.1) is 0 Å². The summed E-state index contributed by atoms with van der Waals surface area (Å²) < 4.78 is 16.3. The number of aliphatic hydroxyl groups is 1. The van der Waals surface area contributed by atoms with Gasteiger partial charge in [-0.3, -0.25) is 19.3 Å². The number of piperidine rings is 1. The molecule has 3 amide bonds. The summed E-state index contributed by atoms with van der Waals surface area (Å²) in [5.41, 5.74) is 6.53. The number of benzene rings is 1. The summed E-state index contributed by atoms with van der Waals surface area (Å²) in [6.45, 7) is 4.36. The first-order valence-corrected chi connectivity index (χ1v) is 11.7. The molecule has 188 valence electrons. The van der Waals surface area contributed by atoms with Crippen molar-refractivity contribution in [2.45, 2.75) is 38.0 Å². The Balaban J connectivity index is 1.38. The van der Waals surface area contributed by atoms with Crippen LogP contribution in [0.3, 0.4) is 0 Å². The third-order valence-corrected chi connectivity index (χ3v) is 5.64. The van der Waals surface area contributed by atoms with Crippen LogP contribution in [0, 0.1) is 0 Å². The van der Waals surface area contributed by atoms with Crippen LogP contribution in [0.5, 0.6) is 0 Å². The smallest absolute Gasteiger partial charge is 0.264 e. The van der Waals surface area contributed by atoms with Crippen LogP contribution in [0.15, 0.2) is 18.2 Å². The largest absolute Gasteiger partial charge is 0.384 e. The SMILES string of the molecule is NCCCOCCOCCOCCCNc1cccc2c1C(=O)N(C1CCC(=O)NC1O)C2=O. The predicted octanol–water partition coefficient (Wildman–Crippen LogP) is 0.0802. The molecule has 0 aliphatic carbocycles. The van der Waals surface area contributed by atoms with Crippen molar-refractivity contribution < 1.29 is 33.7 Å². The van der Waals surface area contributed by atoms with Crippen LogP contribution in [0.4, 0.5) is 5.69 Å². The van der Waals surface area contributed by atoms with Crippen LogP contribution in [0.25, 0.3) is 0 Å². The molecule has 2 unspecified atom stereocenters. The van der Waals surface area contributed by atoms with Gasteiger partial charge < -0.3 is 35.7 Å². The van der Waals surface area contributed by atoms with Crippen molar-refractivity contribution in [3.05, 3.63) is 29.3 Å². The fourth-order valence-corrected chi connectivity index (χ4v) is 3.92. The van der Waals surface area contributed by atoms with Crippen molar-refractivity contribution in [1.82, 2.24) is 10.2 Å². The number of anilines is 1. The minimum absolute atomic E-state index is 0.147. The third kappa shape index (κ3) is 6.73. The first-order valence-electron chi connectivity index (χ1n) is 11.7. The van der Waals surface area contributed by atoms with E-state index in [1.54, 1.807) is 18.2 Å². The average Bonchev–Trinajstić information content (AvgIpc) is 3.08. The van der Waals surface area contributed by atoms with Crippen LogP contribution in [0.1, 0.15) is 46.4 Å². The molecule has 2 aliphatic heterocycles. The molecule has 1 aromatic carbocycles. The zero-order chi connectivity index (χ0) is 24.3. The van der Waals surface area contributed by atoms with Crippen LogP contribution >= 0.6 is 0 Å². The summed E-state index contributed by atoms with van der Waals surface area (Å²) in [5.74, 6) is -1.23. The van der Waals surface area contributed by atoms with E-state index in [0.717, 1.165) is 11.3 Å². The fourth-order valence-electron chi connectivity index (χ4n) is 3.92. The molecule has 11 heteroatoms. The lowest BCUT2D eigenvalue weighted by molar-refractivity contribution is -0.129. The van der Waals surface area contributed by atoms with Crippen molar-refractivity contribution in [2.75, 3.05) is 58.0 Å². The number of carbonyl (C=O) groups excluding carboxylic acids is 3. The molecular formula is C23H34N4O7. The van der Waals surface area contributed by atoms with Gasteiger partial charge in [-0.2, -0.15) is 0 Å². The number of imide groups is 1. The number of fused-ring (bicyclic) bond motifs is 1. The molecule has 2 aliphatic rings. The highest BCUT2D eigenvalue weighted by atomic mass is 16.5. The molecule has 0 radical (unpaired) electrons. The first kappa shape index (κ1) is 26.0. The van der Waals surface area contributed by atoms with E-state index in [-0.39, 0.29) is 18.7 Å². The van der Waals surface area contributed by atoms with Crippen molar-refractivity contribution in [3.63, 3.8) is 0 Å². The molecule has 0 spiro atoms. The van der Waals surface area contributed by atoms with Crippen molar-refractivity contribution >= 4 is 23.4 Å². The summed E-state index contributed by atoms with van der Waals surface area (Å²) in [4.78, 5) is 38.5. The van der Waals surface area contributed by atoms with Crippen molar-refractivity contribution in [1.29, 1.82) is 0 Å². The minimum atomic E-state index is -1.27. The predicted molar refractivity (Wildman–Crippen MR) is 123 cm³/mol. The Labute approximate surface area is 198 Å². The summed E-state index contributed by atoms with van der Waals surface area (Å²) in [6, 6.07) is 4.27. The second kappa shape index (κ2) is 13.4. The van der Waals surface area contributed by atoms with Crippen molar-refractivity contribution in [2.24, 2.45) is 5.73 Å². The maximum Gasteiger partial charge on any atom is 0.264 e. The number of amides is 3. The highest BCUT2D eigenvalue weighted by Crippen LogP contribution is 2.32. The second-order valence-electron chi connectivity index (χ2n) is 8.09. The van der Waals surface area contributed by atoms with Gasteiger partial charge in [-0.1, -0.05) is 6.07 Å². The van der Waals surface area contributed by atoms with Crippen LogP contribution in [0.2, 0.25) is 0 Å². The number of carbonyl (C=O) groups is 3. The minimum Gasteiger partial charge on any atom is -0.384 e. The second-order valence-corrected chi connectivity index (χ2v) is 8.09. The fraction of sp³-hybridized carbons (Fsp3) is 0.609. The third-order valence-electron chi connectivity index (χ3n) is 5.64. The summed E-state index contributed by atoms with van der Waals surface area (Å²) in [5, 5.41) is 15.8. The van der Waals surface area contributed by atoms with Gasteiger partial charge in [0.1, 0.15) is 6.23 Å². The Morgan fingerprint density at radius 3 is 2.35 bits per heavy atom. The number of aliphatic hydroxyl groups excluding tert-OH is 1. The van der Waals surface area contributed by atoms with E-state index in [4.69, 9.17) is 19.9 Å². The Kier molecular flexibility index (Phi) is 10.2. The number of hydrogen-bond acceptors (Lipinski definition) is 9. The van der Waals surface area contributed by atoms with Gasteiger partial charge in [0.05, 0.1) is 43.6 Å². The van der Waals surface area contributed by atoms with Gasteiger partial charge in [0.25, 0.3) is 11.8 Å². The van der Waals surface area contributed by atoms with E-state index in [1.165, 1.54) is 0 Å². The molecular weight excluding hydrogens is 444 g/mol. The highest BCUT2D eigenvalue weighted by Gasteiger charge is 2.45. The van der Waals surface area contributed by atoms with Crippen LogP contribution < -0.4 is 16.4 Å². The van der Waals surface area contributed by atoms with E-state index in [9.17, 15) is 19.5 Å². The maximum atomic E-state index is 13.1. The number of nitrogens with two attached hydrogens (primary N) is 1. The van der Waals surface area contributed by atoms with Gasteiger partial charge in [0.2, 0.25) is 5.91 Å². The summed E-state index contributed by atoms with van der Waals surface area (Å²) in [6.07, 6.45) is 0.641. The molecule has 0 bridgehead atoms. The highest BCUT2D eigenvalue weighted by molar-refractivity contribution is 6.24.